The predicted octanol–water partition coefficient (Wildman–Crippen LogP) is 3.94. The maximum absolute atomic E-state index is 12.1. The molecule has 4 heteroatoms. The van der Waals surface area contributed by atoms with Crippen molar-refractivity contribution in [2.75, 3.05) is 18.6 Å². The smallest absolute Gasteiger partial charge is 0.335 e. The molecule has 2 heterocycles. The summed E-state index contributed by atoms with van der Waals surface area (Å²) in [5.41, 5.74) is 2.74. The third kappa shape index (κ3) is 2.66. The van der Waals surface area contributed by atoms with E-state index in [1.165, 1.54) is 39.2 Å². The molecule has 1 aliphatic carbocycles. The number of methoxy groups -OCH3 is 1. The number of hydrogen-bond acceptors (Lipinski definition) is 4. The number of nitrogens with zero attached hydrogens (tertiary/aromatic N) is 2. The van der Waals surface area contributed by atoms with E-state index in [0.717, 1.165) is 22.3 Å². The lowest BCUT2D eigenvalue weighted by Gasteiger charge is -2.38. The number of fused-ring (bicyclic) bond motifs is 2. The van der Waals surface area contributed by atoms with Crippen LogP contribution < -0.4 is 4.90 Å². The number of carbonyl (C=O) groups excluding carboxylic acids is 1. The second-order valence-electron chi connectivity index (χ2n) is 6.67. The van der Waals surface area contributed by atoms with Gasteiger partial charge in [0.25, 0.3) is 0 Å². The van der Waals surface area contributed by atoms with E-state index >= 15 is 0 Å². The summed E-state index contributed by atoms with van der Waals surface area (Å²) in [6.07, 6.45) is 8.09. The molecular formula is C20H22N2O2. The summed E-state index contributed by atoms with van der Waals surface area (Å²) in [7, 11) is 1.45. The molecule has 1 aromatic heterocycles. The van der Waals surface area contributed by atoms with Crippen LogP contribution in [0.25, 0.3) is 17.0 Å². The first-order valence-corrected chi connectivity index (χ1v) is 8.71. The Morgan fingerprint density at radius 1 is 1.21 bits per heavy atom. The van der Waals surface area contributed by atoms with Crippen LogP contribution in [-0.2, 0) is 9.53 Å². The number of rotatable bonds is 2. The van der Waals surface area contributed by atoms with Crippen molar-refractivity contribution in [2.24, 2.45) is 0 Å². The Balaban J connectivity index is 1.83. The molecule has 2 aliphatic rings. The van der Waals surface area contributed by atoms with Crippen LogP contribution in [0.5, 0.6) is 0 Å². The number of ether oxygens (including phenoxy) is 1. The van der Waals surface area contributed by atoms with E-state index in [1.54, 1.807) is 0 Å². The minimum Gasteiger partial charge on any atom is -0.466 e. The Labute approximate surface area is 142 Å². The molecule has 0 unspecified atom stereocenters. The number of pyridine rings is 1. The van der Waals surface area contributed by atoms with Crippen molar-refractivity contribution in [1.29, 1.82) is 0 Å². The van der Waals surface area contributed by atoms with Crippen LogP contribution in [0.1, 0.15) is 37.7 Å². The number of hydrogen-bond donors (Lipinski definition) is 0. The number of para-hydroxylation sites is 1. The van der Waals surface area contributed by atoms with Gasteiger partial charge in [0.15, 0.2) is 0 Å². The van der Waals surface area contributed by atoms with E-state index in [2.05, 4.69) is 17.0 Å². The lowest BCUT2D eigenvalue weighted by Crippen LogP contribution is -2.41. The van der Waals surface area contributed by atoms with E-state index in [-0.39, 0.29) is 5.97 Å². The van der Waals surface area contributed by atoms with Crippen molar-refractivity contribution in [3.05, 3.63) is 41.5 Å². The topological polar surface area (TPSA) is 42.4 Å². The Hall–Kier alpha value is -2.36. The zero-order valence-corrected chi connectivity index (χ0v) is 14.0. The fraction of sp³-hybridized carbons (Fsp3) is 0.400. The van der Waals surface area contributed by atoms with Gasteiger partial charge in [-0.15, -0.1) is 0 Å². The Morgan fingerprint density at radius 2 is 2.00 bits per heavy atom. The molecule has 0 bridgehead atoms. The van der Waals surface area contributed by atoms with Crippen molar-refractivity contribution in [3.63, 3.8) is 0 Å². The number of benzene rings is 1. The Morgan fingerprint density at radius 3 is 2.79 bits per heavy atom. The van der Waals surface area contributed by atoms with Gasteiger partial charge in [-0.25, -0.2) is 9.78 Å². The summed E-state index contributed by atoms with van der Waals surface area (Å²) in [6.45, 7) is 0.593. The summed E-state index contributed by atoms with van der Waals surface area (Å²) < 4.78 is 4.97. The third-order valence-corrected chi connectivity index (χ3v) is 5.14. The van der Waals surface area contributed by atoms with Crippen molar-refractivity contribution in [2.45, 2.75) is 38.1 Å². The largest absolute Gasteiger partial charge is 0.466 e. The molecule has 4 nitrogen and oxygen atoms in total. The van der Waals surface area contributed by atoms with Crippen LogP contribution in [0.2, 0.25) is 0 Å². The first kappa shape index (κ1) is 15.2. The van der Waals surface area contributed by atoms with Crippen LogP contribution >= 0.6 is 0 Å². The molecule has 1 aromatic carbocycles. The highest BCUT2D eigenvalue weighted by Gasteiger charge is 2.30. The first-order chi connectivity index (χ1) is 11.8. The molecule has 2 aromatic rings. The average molecular weight is 322 g/mol. The molecule has 0 amide bonds. The summed E-state index contributed by atoms with van der Waals surface area (Å²) in [4.78, 5) is 19.4. The van der Waals surface area contributed by atoms with Crippen molar-refractivity contribution < 1.29 is 9.53 Å². The zero-order chi connectivity index (χ0) is 16.5. The van der Waals surface area contributed by atoms with Gasteiger partial charge in [-0.05, 0) is 31.1 Å². The highest BCUT2D eigenvalue weighted by atomic mass is 16.5. The maximum Gasteiger partial charge on any atom is 0.335 e. The van der Waals surface area contributed by atoms with Gasteiger partial charge in [0, 0.05) is 17.0 Å². The van der Waals surface area contributed by atoms with Gasteiger partial charge in [-0.3, -0.25) is 0 Å². The van der Waals surface area contributed by atoms with Gasteiger partial charge < -0.3 is 9.64 Å². The first-order valence-electron chi connectivity index (χ1n) is 8.71. The van der Waals surface area contributed by atoms with Crippen molar-refractivity contribution >= 4 is 28.8 Å². The van der Waals surface area contributed by atoms with Crippen LogP contribution in [0.3, 0.4) is 0 Å². The third-order valence-electron chi connectivity index (χ3n) is 5.14. The quantitative estimate of drug-likeness (QED) is 0.785. The fourth-order valence-electron chi connectivity index (χ4n) is 3.90. The Bertz CT molecular complexity index is 806. The Kier molecular flexibility index (Phi) is 3.97. The van der Waals surface area contributed by atoms with E-state index in [0.29, 0.717) is 18.2 Å². The number of anilines is 1. The minimum absolute atomic E-state index is 0.241. The molecule has 1 aliphatic heterocycles. The van der Waals surface area contributed by atoms with Gasteiger partial charge in [-0.2, -0.15) is 0 Å². The molecule has 1 fully saturated rings. The number of carbonyl (C=O) groups is 1. The molecule has 4 rings (SSSR count). The lowest BCUT2D eigenvalue weighted by molar-refractivity contribution is -0.136. The molecule has 0 N–H and O–H groups in total. The van der Waals surface area contributed by atoms with Gasteiger partial charge in [0.1, 0.15) is 5.82 Å². The standard InChI is InChI=1S/C20H22N2O2/c1-24-20(23)16-12-15-11-14-7-5-6-10-18(14)21-19(15)22(13-16)17-8-3-2-4-9-17/h5-7,10-12,17H,2-4,8-9,13H2,1H3. The molecular weight excluding hydrogens is 300 g/mol. The van der Waals surface area contributed by atoms with Gasteiger partial charge in [-0.1, -0.05) is 37.5 Å². The van der Waals surface area contributed by atoms with Gasteiger partial charge >= 0.3 is 5.97 Å². The molecule has 0 saturated heterocycles. The van der Waals surface area contributed by atoms with Crippen LogP contribution in [0.15, 0.2) is 35.9 Å². The normalized spacial score (nSPS) is 18.2. The van der Waals surface area contributed by atoms with Gasteiger partial charge in [0.2, 0.25) is 0 Å². The second-order valence-corrected chi connectivity index (χ2v) is 6.67. The summed E-state index contributed by atoms with van der Waals surface area (Å²) in [5, 5.41) is 1.10. The SMILES string of the molecule is COC(=O)C1=Cc2cc3ccccc3nc2N(C2CCCCC2)C1. The monoisotopic (exact) mass is 322 g/mol. The summed E-state index contributed by atoms with van der Waals surface area (Å²) >= 11 is 0. The average Bonchev–Trinajstić information content (AvgIpc) is 2.65. The number of esters is 1. The van der Waals surface area contributed by atoms with E-state index in [4.69, 9.17) is 9.72 Å². The molecule has 24 heavy (non-hydrogen) atoms. The molecule has 0 atom stereocenters. The predicted molar refractivity (Wildman–Crippen MR) is 96.0 cm³/mol. The highest BCUT2D eigenvalue weighted by molar-refractivity contribution is 5.98. The second kappa shape index (κ2) is 6.27. The van der Waals surface area contributed by atoms with Crippen LogP contribution in [0.4, 0.5) is 5.82 Å². The summed E-state index contributed by atoms with van der Waals surface area (Å²) in [5.74, 6) is 0.767. The molecule has 1 saturated carbocycles. The zero-order valence-electron chi connectivity index (χ0n) is 14.0. The van der Waals surface area contributed by atoms with Crippen LogP contribution in [-0.4, -0.2) is 30.6 Å². The van der Waals surface area contributed by atoms with Crippen LogP contribution in [0, 0.1) is 0 Å². The lowest BCUT2D eigenvalue weighted by atomic mass is 9.92. The minimum atomic E-state index is -0.241. The van der Waals surface area contributed by atoms with Crippen molar-refractivity contribution in [1.82, 2.24) is 4.98 Å². The van der Waals surface area contributed by atoms with E-state index in [9.17, 15) is 4.79 Å². The highest BCUT2D eigenvalue weighted by Crippen LogP contribution is 2.35. The van der Waals surface area contributed by atoms with E-state index in [1.807, 2.05) is 24.3 Å². The molecule has 124 valence electrons. The van der Waals surface area contributed by atoms with Crippen molar-refractivity contribution in [3.8, 4) is 0 Å². The van der Waals surface area contributed by atoms with Gasteiger partial charge in [0.05, 0.1) is 24.7 Å². The summed E-state index contributed by atoms with van der Waals surface area (Å²) in [6, 6.07) is 10.7. The molecule has 0 radical (unpaired) electrons. The fourth-order valence-corrected chi connectivity index (χ4v) is 3.90. The number of aromatic nitrogens is 1. The molecule has 0 spiro atoms. The maximum atomic E-state index is 12.1. The van der Waals surface area contributed by atoms with E-state index < -0.39 is 0 Å².